The van der Waals surface area contributed by atoms with Gasteiger partial charge < -0.3 is 10.2 Å². The SMILES string of the molecule is O=C1c2cccc(Cl)c2CCN1CCNCc1ccccc1. The van der Waals surface area contributed by atoms with Crippen LogP contribution in [-0.2, 0) is 13.0 Å². The minimum atomic E-state index is 0.0882. The average Bonchev–Trinajstić information content (AvgIpc) is 2.55. The first kappa shape index (κ1) is 15.1. The van der Waals surface area contributed by atoms with Gasteiger partial charge in [-0.1, -0.05) is 48.0 Å². The van der Waals surface area contributed by atoms with E-state index < -0.39 is 0 Å². The summed E-state index contributed by atoms with van der Waals surface area (Å²) in [4.78, 5) is 14.4. The van der Waals surface area contributed by atoms with Gasteiger partial charge in [0.05, 0.1) is 0 Å². The predicted molar refractivity (Wildman–Crippen MR) is 89.2 cm³/mol. The highest BCUT2D eigenvalue weighted by atomic mass is 35.5. The van der Waals surface area contributed by atoms with Gasteiger partial charge in [0, 0.05) is 36.8 Å². The summed E-state index contributed by atoms with van der Waals surface area (Å²) in [6.07, 6.45) is 0.833. The average molecular weight is 315 g/mol. The highest BCUT2D eigenvalue weighted by molar-refractivity contribution is 6.32. The van der Waals surface area contributed by atoms with Crippen molar-refractivity contribution in [2.75, 3.05) is 19.6 Å². The molecule has 0 bridgehead atoms. The Morgan fingerprint density at radius 2 is 1.91 bits per heavy atom. The number of nitrogens with zero attached hydrogens (tertiary/aromatic N) is 1. The topological polar surface area (TPSA) is 32.3 Å². The normalized spacial score (nSPS) is 14.0. The van der Waals surface area contributed by atoms with Crippen LogP contribution in [0.3, 0.4) is 0 Å². The molecule has 0 spiro atoms. The van der Waals surface area contributed by atoms with Crippen LogP contribution in [0, 0.1) is 0 Å². The molecular weight excluding hydrogens is 296 g/mol. The Balaban J connectivity index is 1.53. The van der Waals surface area contributed by atoms with Crippen molar-refractivity contribution in [1.82, 2.24) is 10.2 Å². The molecule has 22 heavy (non-hydrogen) atoms. The molecule has 0 unspecified atom stereocenters. The second-order valence-corrected chi connectivity index (χ2v) is 5.88. The lowest BCUT2D eigenvalue weighted by molar-refractivity contribution is 0.0741. The van der Waals surface area contributed by atoms with E-state index in [1.54, 1.807) is 0 Å². The molecular formula is C18H19ClN2O. The van der Waals surface area contributed by atoms with Crippen molar-refractivity contribution in [2.45, 2.75) is 13.0 Å². The van der Waals surface area contributed by atoms with Crippen molar-refractivity contribution < 1.29 is 4.79 Å². The van der Waals surface area contributed by atoms with Crippen LogP contribution in [0.1, 0.15) is 21.5 Å². The molecule has 4 heteroatoms. The van der Waals surface area contributed by atoms with Crippen molar-refractivity contribution in [3.63, 3.8) is 0 Å². The zero-order valence-electron chi connectivity index (χ0n) is 12.4. The Hall–Kier alpha value is -1.84. The quantitative estimate of drug-likeness (QED) is 0.860. The summed E-state index contributed by atoms with van der Waals surface area (Å²) in [6, 6.07) is 15.8. The van der Waals surface area contributed by atoms with Crippen molar-refractivity contribution in [3.05, 3.63) is 70.2 Å². The van der Waals surface area contributed by atoms with E-state index in [2.05, 4.69) is 17.4 Å². The maximum atomic E-state index is 12.5. The highest BCUT2D eigenvalue weighted by Crippen LogP contribution is 2.25. The lowest BCUT2D eigenvalue weighted by Gasteiger charge is -2.29. The van der Waals surface area contributed by atoms with E-state index in [-0.39, 0.29) is 5.91 Å². The molecule has 2 aromatic carbocycles. The zero-order chi connectivity index (χ0) is 15.4. The zero-order valence-corrected chi connectivity index (χ0v) is 13.1. The molecule has 0 saturated heterocycles. The smallest absolute Gasteiger partial charge is 0.254 e. The molecule has 1 aliphatic heterocycles. The minimum Gasteiger partial charge on any atom is -0.337 e. The third-order valence-corrected chi connectivity index (χ3v) is 4.35. The van der Waals surface area contributed by atoms with Crippen molar-refractivity contribution >= 4 is 17.5 Å². The van der Waals surface area contributed by atoms with Crippen molar-refractivity contribution in [2.24, 2.45) is 0 Å². The Morgan fingerprint density at radius 1 is 1.09 bits per heavy atom. The van der Waals surface area contributed by atoms with Crippen LogP contribution in [0.15, 0.2) is 48.5 Å². The van der Waals surface area contributed by atoms with E-state index in [1.165, 1.54) is 5.56 Å². The standard InChI is InChI=1S/C18H19ClN2O/c19-17-8-4-7-16-15(17)9-11-21(18(16)22)12-10-20-13-14-5-2-1-3-6-14/h1-8,20H,9-13H2. The Labute approximate surface area is 135 Å². The van der Waals surface area contributed by atoms with Gasteiger partial charge >= 0.3 is 0 Å². The van der Waals surface area contributed by atoms with Gasteiger partial charge in [0.25, 0.3) is 5.91 Å². The molecule has 0 aliphatic carbocycles. The largest absolute Gasteiger partial charge is 0.337 e. The number of carbonyl (C=O) groups excluding carboxylic acids is 1. The number of carbonyl (C=O) groups is 1. The lowest BCUT2D eigenvalue weighted by atomic mass is 9.99. The molecule has 0 radical (unpaired) electrons. The van der Waals surface area contributed by atoms with Gasteiger partial charge in [-0.05, 0) is 29.7 Å². The fourth-order valence-corrected chi connectivity index (χ4v) is 3.06. The number of rotatable bonds is 5. The van der Waals surface area contributed by atoms with Gasteiger partial charge in [-0.25, -0.2) is 0 Å². The molecule has 3 rings (SSSR count). The number of benzene rings is 2. The molecule has 114 valence electrons. The van der Waals surface area contributed by atoms with E-state index in [9.17, 15) is 4.79 Å². The fourth-order valence-electron chi connectivity index (χ4n) is 2.79. The first-order valence-electron chi connectivity index (χ1n) is 7.57. The van der Waals surface area contributed by atoms with Crippen LogP contribution in [0.4, 0.5) is 0 Å². The third kappa shape index (κ3) is 3.32. The summed E-state index contributed by atoms with van der Waals surface area (Å²) in [7, 11) is 0. The highest BCUT2D eigenvalue weighted by Gasteiger charge is 2.24. The maximum absolute atomic E-state index is 12.5. The molecule has 1 amide bonds. The summed E-state index contributed by atoms with van der Waals surface area (Å²) in [6.45, 7) is 3.07. The Morgan fingerprint density at radius 3 is 2.73 bits per heavy atom. The van der Waals surface area contributed by atoms with E-state index in [4.69, 9.17) is 11.6 Å². The number of hydrogen-bond acceptors (Lipinski definition) is 2. The van der Waals surface area contributed by atoms with E-state index in [0.29, 0.717) is 5.02 Å². The van der Waals surface area contributed by atoms with Crippen LogP contribution in [-0.4, -0.2) is 30.4 Å². The van der Waals surface area contributed by atoms with Gasteiger partial charge in [0.1, 0.15) is 0 Å². The van der Waals surface area contributed by atoms with Gasteiger partial charge in [0.2, 0.25) is 0 Å². The molecule has 0 atom stereocenters. The van der Waals surface area contributed by atoms with Gasteiger partial charge in [-0.2, -0.15) is 0 Å². The van der Waals surface area contributed by atoms with E-state index in [0.717, 1.165) is 43.7 Å². The number of halogens is 1. The van der Waals surface area contributed by atoms with Crippen molar-refractivity contribution in [3.8, 4) is 0 Å². The molecule has 1 aliphatic rings. The molecule has 1 heterocycles. The van der Waals surface area contributed by atoms with E-state index in [1.807, 2.05) is 41.3 Å². The van der Waals surface area contributed by atoms with Crippen LogP contribution in [0.25, 0.3) is 0 Å². The van der Waals surface area contributed by atoms with E-state index >= 15 is 0 Å². The number of amides is 1. The number of fused-ring (bicyclic) bond motifs is 1. The third-order valence-electron chi connectivity index (χ3n) is 4.00. The summed E-state index contributed by atoms with van der Waals surface area (Å²) in [5, 5.41) is 4.09. The second kappa shape index (κ2) is 6.95. The van der Waals surface area contributed by atoms with Gasteiger partial charge in [-0.3, -0.25) is 4.79 Å². The summed E-state index contributed by atoms with van der Waals surface area (Å²) >= 11 is 6.17. The van der Waals surface area contributed by atoms with Gasteiger partial charge in [-0.15, -0.1) is 0 Å². The molecule has 3 nitrogen and oxygen atoms in total. The van der Waals surface area contributed by atoms with Crippen LogP contribution >= 0.6 is 11.6 Å². The molecule has 0 aromatic heterocycles. The molecule has 0 fully saturated rings. The molecule has 2 aromatic rings. The maximum Gasteiger partial charge on any atom is 0.254 e. The first-order valence-corrected chi connectivity index (χ1v) is 7.95. The number of nitrogens with one attached hydrogen (secondary N) is 1. The fraction of sp³-hybridized carbons (Fsp3) is 0.278. The second-order valence-electron chi connectivity index (χ2n) is 5.47. The number of hydrogen-bond donors (Lipinski definition) is 1. The lowest BCUT2D eigenvalue weighted by Crippen LogP contribution is -2.41. The minimum absolute atomic E-state index is 0.0882. The molecule has 0 saturated carbocycles. The summed E-state index contributed by atoms with van der Waals surface area (Å²) < 4.78 is 0. The first-order chi connectivity index (χ1) is 10.8. The van der Waals surface area contributed by atoms with Crippen LogP contribution in [0.5, 0.6) is 0 Å². The molecule has 1 N–H and O–H groups in total. The summed E-state index contributed by atoms with van der Waals surface area (Å²) in [5.74, 6) is 0.0882. The van der Waals surface area contributed by atoms with Crippen molar-refractivity contribution in [1.29, 1.82) is 0 Å². The van der Waals surface area contributed by atoms with Crippen LogP contribution in [0.2, 0.25) is 5.02 Å². The van der Waals surface area contributed by atoms with Crippen LogP contribution < -0.4 is 5.32 Å². The predicted octanol–water partition coefficient (Wildman–Crippen LogP) is 3.13. The van der Waals surface area contributed by atoms with Gasteiger partial charge in [0.15, 0.2) is 0 Å². The monoisotopic (exact) mass is 314 g/mol. The Bertz CT molecular complexity index is 657. The Kier molecular flexibility index (Phi) is 4.76. The summed E-state index contributed by atoms with van der Waals surface area (Å²) in [5.41, 5.74) is 2.99.